The lowest BCUT2D eigenvalue weighted by Crippen LogP contribution is -2.46. The van der Waals surface area contributed by atoms with Crippen molar-refractivity contribution in [2.45, 2.75) is 31.7 Å². The minimum atomic E-state index is 0.00890. The van der Waals surface area contributed by atoms with Gasteiger partial charge in [0.25, 0.3) is 0 Å². The fourth-order valence-corrected chi connectivity index (χ4v) is 4.18. The van der Waals surface area contributed by atoms with Gasteiger partial charge in [-0.05, 0) is 42.7 Å². The highest BCUT2D eigenvalue weighted by Crippen LogP contribution is 2.54. The molecule has 0 saturated heterocycles. The molecule has 0 aliphatic carbocycles. The molecule has 2 aliphatic heterocycles. The summed E-state index contributed by atoms with van der Waals surface area (Å²) in [6, 6.07) is 12.9. The topological polar surface area (TPSA) is 30.5 Å². The number of nitrogens with one attached hydrogen (secondary N) is 1. The SMILES string of the molecule is [CH2]Cc1ccc2c(c1)C(C)(C)[C@H]1COc3cccc(OC)c3[C@H]1N2. The summed E-state index contributed by atoms with van der Waals surface area (Å²) in [4.78, 5) is 0. The van der Waals surface area contributed by atoms with Crippen molar-refractivity contribution in [2.24, 2.45) is 5.92 Å². The highest BCUT2D eigenvalue weighted by Gasteiger charge is 2.47. The average Bonchev–Trinajstić information content (AvgIpc) is 2.60. The van der Waals surface area contributed by atoms with Gasteiger partial charge in [-0.3, -0.25) is 0 Å². The molecule has 0 bridgehead atoms. The average molecular weight is 322 g/mol. The monoisotopic (exact) mass is 322 g/mol. The summed E-state index contributed by atoms with van der Waals surface area (Å²) < 4.78 is 11.7. The predicted octanol–water partition coefficient (Wildman–Crippen LogP) is 4.52. The molecule has 2 aromatic rings. The van der Waals surface area contributed by atoms with Gasteiger partial charge < -0.3 is 14.8 Å². The van der Waals surface area contributed by atoms with Crippen molar-refractivity contribution in [3.05, 3.63) is 60.0 Å². The van der Waals surface area contributed by atoms with Crippen molar-refractivity contribution >= 4 is 5.69 Å². The van der Waals surface area contributed by atoms with E-state index in [1.807, 2.05) is 18.2 Å². The maximum atomic E-state index is 6.11. The molecule has 4 rings (SSSR count). The Bertz CT molecular complexity index is 767. The van der Waals surface area contributed by atoms with Crippen LogP contribution in [0.25, 0.3) is 0 Å². The van der Waals surface area contributed by atoms with Gasteiger partial charge >= 0.3 is 0 Å². The van der Waals surface area contributed by atoms with E-state index in [2.05, 4.69) is 44.3 Å². The second kappa shape index (κ2) is 5.44. The molecule has 24 heavy (non-hydrogen) atoms. The molecule has 125 valence electrons. The van der Waals surface area contributed by atoms with Crippen LogP contribution in [0.3, 0.4) is 0 Å². The number of ether oxygens (including phenoxy) is 2. The summed E-state index contributed by atoms with van der Waals surface area (Å²) in [5.74, 6) is 2.16. The molecule has 3 nitrogen and oxygen atoms in total. The quantitative estimate of drug-likeness (QED) is 0.881. The number of hydrogen-bond donors (Lipinski definition) is 1. The molecule has 1 radical (unpaired) electrons. The third-order valence-corrected chi connectivity index (χ3v) is 5.68. The van der Waals surface area contributed by atoms with Crippen molar-refractivity contribution in [1.29, 1.82) is 0 Å². The first-order chi connectivity index (χ1) is 11.6. The smallest absolute Gasteiger partial charge is 0.128 e. The Morgan fingerprint density at radius 1 is 1.29 bits per heavy atom. The zero-order chi connectivity index (χ0) is 16.9. The van der Waals surface area contributed by atoms with Gasteiger partial charge in [-0.15, -0.1) is 0 Å². The predicted molar refractivity (Wildman–Crippen MR) is 96.9 cm³/mol. The second-order valence-electron chi connectivity index (χ2n) is 7.26. The zero-order valence-electron chi connectivity index (χ0n) is 14.6. The Morgan fingerprint density at radius 2 is 2.12 bits per heavy atom. The number of methoxy groups -OCH3 is 1. The Hall–Kier alpha value is -2.16. The molecular formula is C21H24NO2. The second-order valence-corrected chi connectivity index (χ2v) is 7.26. The van der Waals surface area contributed by atoms with Crippen LogP contribution >= 0.6 is 0 Å². The Labute approximate surface area is 144 Å². The van der Waals surface area contributed by atoms with Crippen LogP contribution < -0.4 is 14.8 Å². The van der Waals surface area contributed by atoms with Crippen LogP contribution in [0.5, 0.6) is 11.5 Å². The summed E-state index contributed by atoms with van der Waals surface area (Å²) in [7, 11) is 1.72. The molecule has 2 aromatic carbocycles. The fraction of sp³-hybridized carbons (Fsp3) is 0.381. The van der Waals surface area contributed by atoms with Gasteiger partial charge in [0.05, 0.1) is 25.3 Å². The van der Waals surface area contributed by atoms with Crippen LogP contribution in [0.2, 0.25) is 0 Å². The van der Waals surface area contributed by atoms with E-state index in [1.165, 1.54) is 16.8 Å². The van der Waals surface area contributed by atoms with Crippen LogP contribution in [-0.4, -0.2) is 13.7 Å². The van der Waals surface area contributed by atoms with E-state index in [0.717, 1.165) is 23.5 Å². The molecule has 2 heterocycles. The summed E-state index contributed by atoms with van der Waals surface area (Å²) in [6.07, 6.45) is 0.810. The number of anilines is 1. The van der Waals surface area contributed by atoms with E-state index in [1.54, 1.807) is 7.11 Å². The van der Waals surface area contributed by atoms with Crippen LogP contribution in [0.1, 0.15) is 36.6 Å². The normalized spacial score (nSPS) is 23.2. The number of rotatable bonds is 2. The van der Waals surface area contributed by atoms with E-state index in [-0.39, 0.29) is 11.5 Å². The molecule has 0 fully saturated rings. The molecule has 0 saturated carbocycles. The van der Waals surface area contributed by atoms with E-state index in [4.69, 9.17) is 9.47 Å². The largest absolute Gasteiger partial charge is 0.496 e. The highest BCUT2D eigenvalue weighted by atomic mass is 16.5. The lowest BCUT2D eigenvalue weighted by atomic mass is 9.65. The van der Waals surface area contributed by atoms with Crippen LogP contribution in [0.15, 0.2) is 36.4 Å². The van der Waals surface area contributed by atoms with E-state index >= 15 is 0 Å². The van der Waals surface area contributed by atoms with E-state index in [9.17, 15) is 0 Å². The summed E-state index contributed by atoms with van der Waals surface area (Å²) >= 11 is 0. The highest BCUT2D eigenvalue weighted by molar-refractivity contribution is 5.63. The van der Waals surface area contributed by atoms with Gasteiger partial charge in [0.15, 0.2) is 0 Å². The molecule has 0 spiro atoms. The van der Waals surface area contributed by atoms with Gasteiger partial charge in [-0.1, -0.05) is 32.0 Å². The Kier molecular flexibility index (Phi) is 3.48. The maximum Gasteiger partial charge on any atom is 0.128 e. The third kappa shape index (κ3) is 2.10. The number of fused-ring (bicyclic) bond motifs is 4. The lowest BCUT2D eigenvalue weighted by Gasteiger charge is -2.48. The minimum Gasteiger partial charge on any atom is -0.496 e. The standard InChI is InChI=1S/C21H24NO2/c1-5-13-9-10-16-14(11-13)21(2,3)15-12-24-18-8-6-7-17(23-4)19(18)20(15)22-16/h6-11,15,20,22H,1,5,12H2,2-4H3/t15-,20-/m0/s1. The number of hydrogen-bond acceptors (Lipinski definition) is 3. The molecule has 2 atom stereocenters. The van der Waals surface area contributed by atoms with Gasteiger partial charge in [-0.25, -0.2) is 0 Å². The maximum absolute atomic E-state index is 6.11. The van der Waals surface area contributed by atoms with Gasteiger partial charge in [0.2, 0.25) is 0 Å². The molecule has 0 unspecified atom stereocenters. The van der Waals surface area contributed by atoms with Crippen molar-refractivity contribution < 1.29 is 9.47 Å². The Morgan fingerprint density at radius 3 is 2.88 bits per heavy atom. The van der Waals surface area contributed by atoms with Gasteiger partial charge in [-0.2, -0.15) is 0 Å². The third-order valence-electron chi connectivity index (χ3n) is 5.68. The Balaban J connectivity index is 1.87. The van der Waals surface area contributed by atoms with Crippen molar-refractivity contribution in [1.82, 2.24) is 0 Å². The summed E-state index contributed by atoms with van der Waals surface area (Å²) in [5.41, 5.74) is 4.98. The van der Waals surface area contributed by atoms with Crippen molar-refractivity contribution in [2.75, 3.05) is 19.0 Å². The van der Waals surface area contributed by atoms with Crippen LogP contribution in [-0.2, 0) is 11.8 Å². The fourth-order valence-electron chi connectivity index (χ4n) is 4.18. The van der Waals surface area contributed by atoms with Crippen LogP contribution in [0, 0.1) is 12.8 Å². The molecule has 3 heteroatoms. The molecular weight excluding hydrogens is 298 g/mol. The minimum absolute atomic E-state index is 0.00890. The van der Waals surface area contributed by atoms with E-state index < -0.39 is 0 Å². The van der Waals surface area contributed by atoms with Crippen molar-refractivity contribution in [3.63, 3.8) is 0 Å². The van der Waals surface area contributed by atoms with Crippen molar-refractivity contribution in [3.8, 4) is 11.5 Å². The molecule has 2 aliphatic rings. The lowest BCUT2D eigenvalue weighted by molar-refractivity contribution is 0.133. The summed E-state index contributed by atoms with van der Waals surface area (Å²) in [5, 5.41) is 3.76. The first-order valence-corrected chi connectivity index (χ1v) is 8.55. The first kappa shape index (κ1) is 15.4. The van der Waals surface area contributed by atoms with E-state index in [0.29, 0.717) is 12.5 Å². The van der Waals surface area contributed by atoms with Crippen LogP contribution in [0.4, 0.5) is 5.69 Å². The molecule has 0 aromatic heterocycles. The molecule has 0 amide bonds. The van der Waals surface area contributed by atoms with Gasteiger partial charge in [0.1, 0.15) is 11.5 Å². The number of benzene rings is 2. The summed E-state index contributed by atoms with van der Waals surface area (Å²) in [6.45, 7) is 9.37. The molecule has 1 N–H and O–H groups in total. The van der Waals surface area contributed by atoms with Gasteiger partial charge in [0, 0.05) is 17.0 Å². The first-order valence-electron chi connectivity index (χ1n) is 8.55. The zero-order valence-corrected chi connectivity index (χ0v) is 14.6.